The van der Waals surface area contributed by atoms with Crippen LogP contribution in [-0.4, -0.2) is 87.1 Å². The summed E-state index contributed by atoms with van der Waals surface area (Å²) in [5, 5.41) is 52.6. The number of aliphatic hydroxyl groups is 3. The number of hydrogen-bond donors (Lipinski definition) is 4. The Hall–Kier alpha value is -3.86. The number of ether oxygens (including phenoxy) is 2. The van der Waals surface area contributed by atoms with Crippen molar-refractivity contribution < 1.29 is 29.6 Å². The third kappa shape index (κ3) is 6.56. The molecule has 0 bridgehead atoms. The highest BCUT2D eigenvalue weighted by Gasteiger charge is 2.44. The lowest BCUT2D eigenvalue weighted by Gasteiger charge is -2.39. The molecule has 0 radical (unpaired) electrons. The fourth-order valence-electron chi connectivity index (χ4n) is 5.23. The van der Waals surface area contributed by atoms with Gasteiger partial charge in [-0.25, -0.2) is 4.68 Å². The monoisotopic (exact) mass is 562 g/mol. The summed E-state index contributed by atoms with van der Waals surface area (Å²) in [6.45, 7) is 2.19. The number of benzene rings is 2. The van der Waals surface area contributed by atoms with Gasteiger partial charge in [0, 0.05) is 25.9 Å². The number of hydrogen-bond acceptors (Lipinski definition) is 10. The normalized spacial score (nSPS) is 25.2. The van der Waals surface area contributed by atoms with Crippen molar-refractivity contribution >= 4 is 28.4 Å². The molecule has 0 saturated carbocycles. The molecule has 0 spiro atoms. The van der Waals surface area contributed by atoms with Crippen LogP contribution in [0.5, 0.6) is 0 Å². The number of fused-ring (bicyclic) bond motifs is 1. The van der Waals surface area contributed by atoms with Gasteiger partial charge in [-0.05, 0) is 59.9 Å². The number of aliphatic hydroxyl groups excluding tert-OH is 3. The molecule has 2 saturated heterocycles. The van der Waals surface area contributed by atoms with Crippen molar-refractivity contribution in [2.24, 2.45) is 0 Å². The molecule has 12 nitrogen and oxygen atoms in total. The maximum Gasteiger partial charge on any atom is 0.262 e. The summed E-state index contributed by atoms with van der Waals surface area (Å²) in [5.41, 5.74) is 2.33. The van der Waals surface area contributed by atoms with Crippen LogP contribution < -0.4 is 10.2 Å². The molecule has 216 valence electrons. The summed E-state index contributed by atoms with van der Waals surface area (Å²) < 4.78 is 11.9. The zero-order valence-electron chi connectivity index (χ0n) is 22.8. The van der Waals surface area contributed by atoms with Crippen LogP contribution in [0.25, 0.3) is 16.8 Å². The van der Waals surface area contributed by atoms with Gasteiger partial charge >= 0.3 is 0 Å². The average Bonchev–Trinajstić information content (AvgIpc) is 3.46. The highest BCUT2D eigenvalue weighted by Crippen LogP contribution is 2.26. The van der Waals surface area contributed by atoms with Gasteiger partial charge in [-0.3, -0.25) is 4.79 Å². The maximum atomic E-state index is 12.8. The third-order valence-corrected chi connectivity index (χ3v) is 7.53. The molecule has 0 aliphatic carbocycles. The summed E-state index contributed by atoms with van der Waals surface area (Å²) in [5.74, 6) is -0.548. The number of amides is 1. The molecular formula is C29H34N6O6. The number of nitriles is 1. The second-order valence-corrected chi connectivity index (χ2v) is 10.4. The second-order valence-electron chi connectivity index (χ2n) is 10.4. The fourth-order valence-corrected chi connectivity index (χ4v) is 5.23. The Labute approximate surface area is 237 Å². The highest BCUT2D eigenvalue weighted by atomic mass is 16.7. The lowest BCUT2D eigenvalue weighted by molar-refractivity contribution is -0.292. The molecule has 2 fully saturated rings. The van der Waals surface area contributed by atoms with E-state index in [0.717, 1.165) is 29.4 Å². The number of rotatable bonds is 8. The van der Waals surface area contributed by atoms with E-state index in [1.54, 1.807) is 12.3 Å². The van der Waals surface area contributed by atoms with E-state index in [1.165, 1.54) is 36.7 Å². The van der Waals surface area contributed by atoms with E-state index in [0.29, 0.717) is 5.69 Å². The standard InChI is InChI=1S/C29H34N6O6/c1-40-29-27(38)26(37)25(36)24(41-29)17-35-16-22(32-33-35)15-31-28(39)21(14-30)12-18-5-6-20-13-23(8-7-19(20)11-18)34-9-3-2-4-10-34/h5-8,11-13,16,24-27,29,36-38H,2-4,9-10,15,17H2,1H3,(H,31,39)/b21-12-/t24-,25-,26+,27-,29+/m1/s1. The van der Waals surface area contributed by atoms with Gasteiger partial charge in [-0.1, -0.05) is 23.4 Å². The van der Waals surface area contributed by atoms with Gasteiger partial charge in [-0.2, -0.15) is 5.26 Å². The van der Waals surface area contributed by atoms with Gasteiger partial charge in [0.15, 0.2) is 6.29 Å². The predicted octanol–water partition coefficient (Wildman–Crippen LogP) is 1.10. The van der Waals surface area contributed by atoms with E-state index in [4.69, 9.17) is 9.47 Å². The molecule has 41 heavy (non-hydrogen) atoms. The van der Waals surface area contributed by atoms with Crippen LogP contribution in [0.2, 0.25) is 0 Å². The number of carbonyl (C=O) groups is 1. The van der Waals surface area contributed by atoms with Crippen molar-refractivity contribution in [3.05, 3.63) is 59.4 Å². The van der Waals surface area contributed by atoms with E-state index in [2.05, 4.69) is 38.7 Å². The van der Waals surface area contributed by atoms with E-state index >= 15 is 0 Å². The number of piperidine rings is 1. The Balaban J connectivity index is 1.19. The molecule has 1 amide bonds. The fraction of sp³-hybridized carbons (Fsp3) is 0.448. The molecule has 4 N–H and O–H groups in total. The van der Waals surface area contributed by atoms with Crippen molar-refractivity contribution in [1.82, 2.24) is 20.3 Å². The quantitative estimate of drug-likeness (QED) is 0.231. The minimum Gasteiger partial charge on any atom is -0.388 e. The topological polar surface area (TPSA) is 166 Å². The first-order valence-corrected chi connectivity index (χ1v) is 13.7. The maximum absolute atomic E-state index is 12.8. The highest BCUT2D eigenvalue weighted by molar-refractivity contribution is 6.02. The van der Waals surface area contributed by atoms with Crippen LogP contribution in [0.1, 0.15) is 30.5 Å². The number of nitrogens with one attached hydrogen (secondary N) is 1. The van der Waals surface area contributed by atoms with Gasteiger partial charge in [-0.15, -0.1) is 5.10 Å². The van der Waals surface area contributed by atoms with Crippen LogP contribution in [0, 0.1) is 11.3 Å². The zero-order chi connectivity index (χ0) is 28.9. The van der Waals surface area contributed by atoms with Gasteiger partial charge in [0.1, 0.15) is 41.8 Å². The first-order valence-electron chi connectivity index (χ1n) is 13.7. The minimum absolute atomic E-state index is 0.0188. The Morgan fingerprint density at radius 1 is 1.12 bits per heavy atom. The summed E-state index contributed by atoms with van der Waals surface area (Å²) in [7, 11) is 1.32. The van der Waals surface area contributed by atoms with Crippen molar-refractivity contribution in [3.8, 4) is 6.07 Å². The van der Waals surface area contributed by atoms with E-state index in [9.17, 15) is 25.4 Å². The average molecular weight is 563 g/mol. The van der Waals surface area contributed by atoms with E-state index < -0.39 is 36.6 Å². The number of carbonyl (C=O) groups excluding carboxylic acids is 1. The van der Waals surface area contributed by atoms with Crippen molar-refractivity contribution in [2.45, 2.75) is 63.1 Å². The Bertz CT molecular complexity index is 1440. The lowest BCUT2D eigenvalue weighted by atomic mass is 9.99. The van der Waals surface area contributed by atoms with Gasteiger partial charge in [0.25, 0.3) is 5.91 Å². The molecule has 2 aliphatic heterocycles. The first kappa shape index (κ1) is 28.7. The Morgan fingerprint density at radius 2 is 1.88 bits per heavy atom. The molecule has 5 rings (SSSR count). The molecular weight excluding hydrogens is 528 g/mol. The number of nitrogens with zero attached hydrogens (tertiary/aromatic N) is 5. The largest absolute Gasteiger partial charge is 0.388 e. The molecule has 3 heterocycles. The van der Waals surface area contributed by atoms with Crippen molar-refractivity contribution in [3.63, 3.8) is 0 Å². The third-order valence-electron chi connectivity index (χ3n) is 7.53. The Morgan fingerprint density at radius 3 is 2.63 bits per heavy atom. The van der Waals surface area contributed by atoms with Crippen LogP contribution >= 0.6 is 0 Å². The molecule has 5 atom stereocenters. The number of aromatic nitrogens is 3. The van der Waals surface area contributed by atoms with Crippen LogP contribution in [0.3, 0.4) is 0 Å². The van der Waals surface area contributed by atoms with Gasteiger partial charge < -0.3 is 35.0 Å². The van der Waals surface area contributed by atoms with Gasteiger partial charge in [0.2, 0.25) is 0 Å². The molecule has 3 aromatic rings. The Kier molecular flexibility index (Phi) is 8.92. The summed E-state index contributed by atoms with van der Waals surface area (Å²) >= 11 is 0. The first-order chi connectivity index (χ1) is 19.9. The lowest BCUT2D eigenvalue weighted by Crippen LogP contribution is -2.58. The molecule has 2 aromatic carbocycles. The molecule has 2 aliphatic rings. The number of anilines is 1. The molecule has 1 aromatic heterocycles. The zero-order valence-corrected chi connectivity index (χ0v) is 22.8. The van der Waals surface area contributed by atoms with Crippen LogP contribution in [-0.2, 0) is 27.4 Å². The predicted molar refractivity (Wildman–Crippen MR) is 149 cm³/mol. The molecule has 12 heteroatoms. The van der Waals surface area contributed by atoms with Gasteiger partial charge in [0.05, 0.1) is 19.3 Å². The van der Waals surface area contributed by atoms with E-state index in [1.807, 2.05) is 24.3 Å². The van der Waals surface area contributed by atoms with Crippen molar-refractivity contribution in [1.29, 1.82) is 5.26 Å². The smallest absolute Gasteiger partial charge is 0.262 e. The SMILES string of the molecule is CO[C@H]1O[C@H](Cn2cc(CNC(=O)/C(C#N)=C\c3ccc4cc(N5CCCCC5)ccc4c3)nn2)[C@@H](O)[C@H](O)[C@H]1O. The van der Waals surface area contributed by atoms with Crippen LogP contribution in [0.15, 0.2) is 48.2 Å². The van der Waals surface area contributed by atoms with E-state index in [-0.39, 0.29) is 18.7 Å². The second kappa shape index (κ2) is 12.8. The summed E-state index contributed by atoms with van der Waals surface area (Å²) in [4.78, 5) is 15.2. The van der Waals surface area contributed by atoms with Crippen molar-refractivity contribution in [2.75, 3.05) is 25.1 Å². The summed E-state index contributed by atoms with van der Waals surface area (Å²) in [6, 6.07) is 14.2. The minimum atomic E-state index is -1.45. The molecule has 0 unspecified atom stereocenters. The van der Waals surface area contributed by atoms with Crippen LogP contribution in [0.4, 0.5) is 5.69 Å². The summed E-state index contributed by atoms with van der Waals surface area (Å²) in [6.07, 6.45) is 0.604. The number of methoxy groups -OCH3 is 1.